The molecule has 2 aliphatic rings. The molecule has 0 N–H and O–H groups in total. The first-order valence-electron chi connectivity index (χ1n) is 8.70. The summed E-state index contributed by atoms with van der Waals surface area (Å²) in [6.07, 6.45) is 3.42. The SMILES string of the molecule is CC(C)(C)OC(=O)N1[C@@H]2CC[C@H]1CC(OCc1ccccc1F)C2. The average molecular weight is 335 g/mol. The summed E-state index contributed by atoms with van der Waals surface area (Å²) in [5.74, 6) is -0.230. The van der Waals surface area contributed by atoms with E-state index in [0.717, 1.165) is 25.7 Å². The Morgan fingerprint density at radius 2 is 1.83 bits per heavy atom. The van der Waals surface area contributed by atoms with Crippen molar-refractivity contribution in [2.75, 3.05) is 0 Å². The fourth-order valence-electron chi connectivity index (χ4n) is 3.70. The van der Waals surface area contributed by atoms with E-state index < -0.39 is 5.60 Å². The lowest BCUT2D eigenvalue weighted by Crippen LogP contribution is -2.50. The topological polar surface area (TPSA) is 38.8 Å². The second-order valence-corrected chi connectivity index (χ2v) is 7.77. The number of rotatable bonds is 3. The summed E-state index contributed by atoms with van der Waals surface area (Å²) in [4.78, 5) is 14.3. The molecule has 4 nitrogen and oxygen atoms in total. The lowest BCUT2D eigenvalue weighted by atomic mass is 10.00. The van der Waals surface area contributed by atoms with Gasteiger partial charge in [-0.3, -0.25) is 0 Å². The number of hydrogen-bond donors (Lipinski definition) is 0. The molecule has 3 atom stereocenters. The van der Waals surface area contributed by atoms with Crippen molar-refractivity contribution in [3.05, 3.63) is 35.6 Å². The minimum absolute atomic E-state index is 0.0702. The number of halogens is 1. The number of hydrogen-bond acceptors (Lipinski definition) is 3. The number of ether oxygens (including phenoxy) is 2. The Morgan fingerprint density at radius 1 is 1.21 bits per heavy atom. The average Bonchev–Trinajstić information content (AvgIpc) is 2.76. The minimum atomic E-state index is -0.477. The minimum Gasteiger partial charge on any atom is -0.444 e. The van der Waals surface area contributed by atoms with Gasteiger partial charge in [0, 0.05) is 17.6 Å². The molecule has 1 aromatic rings. The van der Waals surface area contributed by atoms with Gasteiger partial charge in [-0.15, -0.1) is 0 Å². The number of carbonyl (C=O) groups is 1. The van der Waals surface area contributed by atoms with Gasteiger partial charge in [-0.2, -0.15) is 0 Å². The van der Waals surface area contributed by atoms with Crippen LogP contribution in [0.5, 0.6) is 0 Å². The Morgan fingerprint density at radius 3 is 2.42 bits per heavy atom. The lowest BCUT2D eigenvalue weighted by Gasteiger charge is -2.39. The Bertz CT molecular complexity index is 585. The first kappa shape index (κ1) is 17.2. The van der Waals surface area contributed by atoms with Gasteiger partial charge in [-0.25, -0.2) is 9.18 Å². The van der Waals surface area contributed by atoms with E-state index in [0.29, 0.717) is 5.56 Å². The van der Waals surface area contributed by atoms with Gasteiger partial charge in [-0.1, -0.05) is 18.2 Å². The molecule has 2 fully saturated rings. The fraction of sp³-hybridized carbons (Fsp3) is 0.632. The highest BCUT2D eigenvalue weighted by atomic mass is 19.1. The van der Waals surface area contributed by atoms with Crippen LogP contribution in [0.2, 0.25) is 0 Å². The van der Waals surface area contributed by atoms with Crippen molar-refractivity contribution in [3.8, 4) is 0 Å². The summed E-state index contributed by atoms with van der Waals surface area (Å²) in [6, 6.07) is 7.04. The van der Waals surface area contributed by atoms with Crippen LogP contribution in [0.1, 0.15) is 52.0 Å². The van der Waals surface area contributed by atoms with Crippen molar-refractivity contribution in [3.63, 3.8) is 0 Å². The smallest absolute Gasteiger partial charge is 0.410 e. The van der Waals surface area contributed by atoms with Gasteiger partial charge in [0.1, 0.15) is 11.4 Å². The first-order chi connectivity index (χ1) is 11.3. The Hall–Kier alpha value is -1.62. The van der Waals surface area contributed by atoms with Crippen molar-refractivity contribution in [1.82, 2.24) is 4.90 Å². The highest BCUT2D eigenvalue weighted by Crippen LogP contribution is 2.38. The van der Waals surface area contributed by atoms with E-state index in [1.54, 1.807) is 12.1 Å². The number of benzene rings is 1. The zero-order chi connectivity index (χ0) is 17.3. The van der Waals surface area contributed by atoms with Gasteiger partial charge < -0.3 is 14.4 Å². The molecule has 24 heavy (non-hydrogen) atoms. The van der Waals surface area contributed by atoms with Crippen molar-refractivity contribution < 1.29 is 18.7 Å². The highest BCUT2D eigenvalue weighted by Gasteiger charge is 2.45. The molecule has 2 aliphatic heterocycles. The summed E-state index contributed by atoms with van der Waals surface area (Å²) in [5.41, 5.74) is 0.105. The molecular formula is C19H26FNO3. The van der Waals surface area contributed by atoms with Crippen molar-refractivity contribution >= 4 is 6.09 Å². The monoisotopic (exact) mass is 335 g/mol. The van der Waals surface area contributed by atoms with E-state index in [4.69, 9.17) is 9.47 Å². The summed E-state index contributed by atoms with van der Waals surface area (Å²) in [7, 11) is 0. The fourth-order valence-corrected chi connectivity index (χ4v) is 3.70. The molecule has 132 valence electrons. The van der Waals surface area contributed by atoms with Crippen molar-refractivity contribution in [2.24, 2.45) is 0 Å². The second kappa shape index (κ2) is 6.71. The Balaban J connectivity index is 1.57. The maximum atomic E-state index is 13.7. The summed E-state index contributed by atoms with van der Waals surface area (Å²) < 4.78 is 25.2. The van der Waals surface area contributed by atoms with E-state index in [-0.39, 0.29) is 36.7 Å². The van der Waals surface area contributed by atoms with E-state index in [1.165, 1.54) is 6.07 Å². The maximum Gasteiger partial charge on any atom is 0.410 e. The number of carbonyl (C=O) groups excluding carboxylic acids is 1. The zero-order valence-corrected chi connectivity index (χ0v) is 14.6. The third-order valence-corrected chi connectivity index (χ3v) is 4.73. The predicted octanol–water partition coefficient (Wildman–Crippen LogP) is 4.27. The standard InChI is InChI=1S/C19H26FNO3/c1-19(2,3)24-18(22)21-14-8-9-15(21)11-16(10-14)23-12-13-6-4-5-7-17(13)20/h4-7,14-16H,8-12H2,1-3H3/t14-,15+,16?. The summed E-state index contributed by atoms with van der Waals surface area (Å²) in [5, 5.41) is 0. The molecule has 1 unspecified atom stereocenters. The quantitative estimate of drug-likeness (QED) is 0.828. The molecule has 2 heterocycles. The molecule has 0 aromatic heterocycles. The third-order valence-electron chi connectivity index (χ3n) is 4.73. The molecule has 5 heteroatoms. The highest BCUT2D eigenvalue weighted by molar-refractivity contribution is 5.69. The van der Waals surface area contributed by atoms with Gasteiger partial charge >= 0.3 is 6.09 Å². The van der Waals surface area contributed by atoms with Gasteiger partial charge in [0.05, 0.1) is 12.7 Å². The van der Waals surface area contributed by atoms with E-state index in [9.17, 15) is 9.18 Å². The van der Waals surface area contributed by atoms with E-state index in [2.05, 4.69) is 0 Å². The molecule has 1 amide bonds. The van der Waals surface area contributed by atoms with E-state index >= 15 is 0 Å². The normalized spacial score (nSPS) is 26.5. The molecule has 0 saturated carbocycles. The summed E-state index contributed by atoms with van der Waals surface area (Å²) >= 11 is 0. The first-order valence-corrected chi connectivity index (χ1v) is 8.70. The predicted molar refractivity (Wildman–Crippen MR) is 89.1 cm³/mol. The molecule has 0 aliphatic carbocycles. The number of piperidine rings is 1. The van der Waals surface area contributed by atoms with Crippen LogP contribution in [-0.2, 0) is 16.1 Å². The van der Waals surface area contributed by atoms with Gasteiger partial charge in [0.15, 0.2) is 0 Å². The molecular weight excluding hydrogens is 309 g/mol. The van der Waals surface area contributed by atoms with Crippen LogP contribution in [0.3, 0.4) is 0 Å². The number of nitrogens with zero attached hydrogens (tertiary/aromatic N) is 1. The summed E-state index contributed by atoms with van der Waals surface area (Å²) in [6.45, 7) is 5.94. The Kier molecular flexibility index (Phi) is 4.81. The maximum absolute atomic E-state index is 13.7. The van der Waals surface area contributed by atoms with Gasteiger partial charge in [0.25, 0.3) is 0 Å². The lowest BCUT2D eigenvalue weighted by molar-refractivity contribution is -0.0401. The molecule has 0 radical (unpaired) electrons. The molecule has 2 bridgehead atoms. The molecule has 1 aromatic carbocycles. The van der Waals surface area contributed by atoms with Crippen LogP contribution in [0, 0.1) is 5.82 Å². The van der Waals surface area contributed by atoms with E-state index in [1.807, 2.05) is 31.7 Å². The third kappa shape index (κ3) is 3.89. The number of fused-ring (bicyclic) bond motifs is 2. The van der Waals surface area contributed by atoms with Crippen molar-refractivity contribution in [2.45, 2.75) is 76.9 Å². The van der Waals surface area contributed by atoms with Crippen LogP contribution in [0.4, 0.5) is 9.18 Å². The largest absolute Gasteiger partial charge is 0.444 e. The second-order valence-electron chi connectivity index (χ2n) is 7.77. The molecule has 0 spiro atoms. The van der Waals surface area contributed by atoms with Gasteiger partial charge in [-0.05, 0) is 52.5 Å². The van der Waals surface area contributed by atoms with Crippen molar-refractivity contribution in [1.29, 1.82) is 0 Å². The van der Waals surface area contributed by atoms with Crippen LogP contribution in [0.25, 0.3) is 0 Å². The molecule has 2 saturated heterocycles. The van der Waals surface area contributed by atoms with Gasteiger partial charge in [0.2, 0.25) is 0 Å². The molecule has 3 rings (SSSR count). The van der Waals surface area contributed by atoms with Crippen LogP contribution >= 0.6 is 0 Å². The van der Waals surface area contributed by atoms with Crippen LogP contribution in [-0.4, -0.2) is 34.8 Å². The number of amides is 1. The van der Waals surface area contributed by atoms with Crippen LogP contribution < -0.4 is 0 Å². The Labute approximate surface area is 142 Å². The zero-order valence-electron chi connectivity index (χ0n) is 14.6. The van der Waals surface area contributed by atoms with Crippen LogP contribution in [0.15, 0.2) is 24.3 Å².